The Hall–Kier alpha value is -2.16. The van der Waals surface area contributed by atoms with Crippen molar-refractivity contribution in [3.63, 3.8) is 0 Å². The second-order valence-electron chi connectivity index (χ2n) is 4.02. The fourth-order valence-corrected chi connectivity index (χ4v) is 1.88. The average Bonchev–Trinajstić information content (AvgIpc) is 2.50. The number of anilines is 1. The Morgan fingerprint density at radius 2 is 2.00 bits per heavy atom. The molecule has 1 atom stereocenters. The van der Waals surface area contributed by atoms with E-state index < -0.39 is 0 Å². The van der Waals surface area contributed by atoms with Crippen molar-refractivity contribution >= 4 is 17.4 Å². The van der Waals surface area contributed by atoms with E-state index in [1.54, 1.807) is 7.11 Å². The van der Waals surface area contributed by atoms with Gasteiger partial charge in [0.2, 0.25) is 0 Å². The first-order chi connectivity index (χ1) is 9.74. The third-order valence-electron chi connectivity index (χ3n) is 2.79. The van der Waals surface area contributed by atoms with E-state index in [1.165, 1.54) is 12.4 Å². The van der Waals surface area contributed by atoms with Crippen LogP contribution in [0, 0.1) is 11.3 Å². The molecule has 0 bridgehead atoms. The number of halogens is 1. The lowest BCUT2D eigenvalue weighted by Gasteiger charge is -2.17. The highest BCUT2D eigenvalue weighted by atomic mass is 35.5. The molecule has 5 nitrogen and oxygen atoms in total. The molecule has 102 valence electrons. The summed E-state index contributed by atoms with van der Waals surface area (Å²) >= 11 is 5.86. The molecule has 1 unspecified atom stereocenters. The molecule has 0 aliphatic carbocycles. The molecule has 0 aliphatic rings. The van der Waals surface area contributed by atoms with Crippen molar-refractivity contribution in [2.45, 2.75) is 6.10 Å². The molecule has 20 heavy (non-hydrogen) atoms. The predicted molar refractivity (Wildman–Crippen MR) is 76.4 cm³/mol. The van der Waals surface area contributed by atoms with Gasteiger partial charge in [-0.25, -0.2) is 9.97 Å². The van der Waals surface area contributed by atoms with Gasteiger partial charge in [0.05, 0.1) is 6.10 Å². The molecule has 2 rings (SSSR count). The van der Waals surface area contributed by atoms with Crippen LogP contribution in [0.4, 0.5) is 5.82 Å². The number of benzene rings is 1. The normalized spacial score (nSPS) is 11.7. The summed E-state index contributed by atoms with van der Waals surface area (Å²) < 4.78 is 5.43. The predicted octanol–water partition coefficient (Wildman–Crippen LogP) is 2.80. The zero-order valence-corrected chi connectivity index (χ0v) is 11.6. The molecule has 2 aromatic rings. The first kappa shape index (κ1) is 14.3. The molecule has 0 spiro atoms. The van der Waals surface area contributed by atoms with Crippen LogP contribution < -0.4 is 5.32 Å². The molecule has 0 saturated carbocycles. The third-order valence-corrected chi connectivity index (χ3v) is 3.04. The van der Waals surface area contributed by atoms with Crippen LogP contribution in [0.1, 0.15) is 17.4 Å². The monoisotopic (exact) mass is 288 g/mol. The number of nitrogens with zero attached hydrogens (tertiary/aromatic N) is 3. The number of aromatic nitrogens is 2. The standard InChI is InChI=1S/C14H13ClN4O/c1-20-13(10-2-4-11(15)5-3-10)9-19-14-12(8-16)17-6-7-18-14/h2-7,13H,9H2,1H3,(H,18,19). The molecule has 1 aromatic carbocycles. The largest absolute Gasteiger partial charge is 0.375 e. The number of methoxy groups -OCH3 is 1. The maximum atomic E-state index is 8.95. The Morgan fingerprint density at radius 1 is 1.30 bits per heavy atom. The molecule has 0 fully saturated rings. The Kier molecular flexibility index (Phi) is 4.88. The first-order valence-corrected chi connectivity index (χ1v) is 6.35. The SMILES string of the molecule is COC(CNc1nccnc1C#N)c1ccc(Cl)cc1. The second kappa shape index (κ2) is 6.85. The zero-order chi connectivity index (χ0) is 14.4. The molecule has 0 saturated heterocycles. The molecule has 1 N–H and O–H groups in total. The zero-order valence-electron chi connectivity index (χ0n) is 10.9. The van der Waals surface area contributed by atoms with E-state index in [4.69, 9.17) is 21.6 Å². The number of nitriles is 1. The van der Waals surface area contributed by atoms with Crippen molar-refractivity contribution in [2.75, 3.05) is 19.0 Å². The van der Waals surface area contributed by atoms with Crippen molar-refractivity contribution in [1.82, 2.24) is 9.97 Å². The van der Waals surface area contributed by atoms with E-state index >= 15 is 0 Å². The highest BCUT2D eigenvalue weighted by Crippen LogP contribution is 2.20. The summed E-state index contributed by atoms with van der Waals surface area (Å²) in [6.07, 6.45) is 2.85. The summed E-state index contributed by atoms with van der Waals surface area (Å²) in [5.74, 6) is 0.450. The first-order valence-electron chi connectivity index (χ1n) is 5.98. The van der Waals surface area contributed by atoms with Crippen LogP contribution >= 0.6 is 11.6 Å². The van der Waals surface area contributed by atoms with Crippen LogP contribution in [0.2, 0.25) is 5.02 Å². The van der Waals surface area contributed by atoms with E-state index in [0.29, 0.717) is 17.4 Å². The van der Waals surface area contributed by atoms with Gasteiger partial charge in [-0.1, -0.05) is 23.7 Å². The van der Waals surface area contributed by atoms with Gasteiger partial charge < -0.3 is 10.1 Å². The summed E-state index contributed by atoms with van der Waals surface area (Å²) in [6.45, 7) is 0.478. The minimum Gasteiger partial charge on any atom is -0.375 e. The summed E-state index contributed by atoms with van der Waals surface area (Å²) in [6, 6.07) is 9.42. The van der Waals surface area contributed by atoms with Gasteiger partial charge in [-0.3, -0.25) is 0 Å². The number of ether oxygens (including phenoxy) is 1. The molecule has 1 heterocycles. The van der Waals surface area contributed by atoms with Crippen LogP contribution in [0.25, 0.3) is 0 Å². The van der Waals surface area contributed by atoms with Gasteiger partial charge in [0.25, 0.3) is 0 Å². The minimum absolute atomic E-state index is 0.166. The number of rotatable bonds is 5. The van der Waals surface area contributed by atoms with Crippen molar-refractivity contribution in [3.05, 3.63) is 52.9 Å². The summed E-state index contributed by atoms with van der Waals surface area (Å²) in [5.41, 5.74) is 1.25. The second-order valence-corrected chi connectivity index (χ2v) is 4.46. The fraction of sp³-hybridized carbons (Fsp3) is 0.214. The minimum atomic E-state index is -0.166. The lowest BCUT2D eigenvalue weighted by molar-refractivity contribution is 0.114. The Labute approximate surface area is 122 Å². The highest BCUT2D eigenvalue weighted by Gasteiger charge is 2.12. The van der Waals surface area contributed by atoms with Crippen LogP contribution in [0.5, 0.6) is 0 Å². The molecule has 0 aliphatic heterocycles. The van der Waals surface area contributed by atoms with Crippen molar-refractivity contribution in [3.8, 4) is 6.07 Å². The van der Waals surface area contributed by atoms with Gasteiger partial charge in [0.15, 0.2) is 11.5 Å². The summed E-state index contributed by atoms with van der Waals surface area (Å²) in [5, 5.41) is 12.7. The van der Waals surface area contributed by atoms with Crippen LogP contribution in [0.3, 0.4) is 0 Å². The number of hydrogen-bond donors (Lipinski definition) is 1. The quantitative estimate of drug-likeness (QED) is 0.916. The van der Waals surface area contributed by atoms with Gasteiger partial charge in [-0.15, -0.1) is 0 Å². The van der Waals surface area contributed by atoms with Gasteiger partial charge in [0, 0.05) is 31.1 Å². The van der Waals surface area contributed by atoms with E-state index in [2.05, 4.69) is 15.3 Å². The molecule has 1 aromatic heterocycles. The van der Waals surface area contributed by atoms with Crippen LogP contribution in [-0.2, 0) is 4.74 Å². The topological polar surface area (TPSA) is 70.8 Å². The van der Waals surface area contributed by atoms with Gasteiger partial charge in [-0.05, 0) is 17.7 Å². The molecular weight excluding hydrogens is 276 g/mol. The molecular formula is C14H13ClN4O. The van der Waals surface area contributed by atoms with Gasteiger partial charge in [-0.2, -0.15) is 5.26 Å². The summed E-state index contributed by atoms with van der Waals surface area (Å²) in [7, 11) is 1.63. The van der Waals surface area contributed by atoms with Crippen LogP contribution in [0.15, 0.2) is 36.7 Å². The van der Waals surface area contributed by atoms with Crippen molar-refractivity contribution in [1.29, 1.82) is 5.26 Å². The van der Waals surface area contributed by atoms with Gasteiger partial charge >= 0.3 is 0 Å². The maximum Gasteiger partial charge on any atom is 0.182 e. The molecule has 6 heteroatoms. The maximum absolute atomic E-state index is 8.95. The van der Waals surface area contributed by atoms with E-state index in [1.807, 2.05) is 30.3 Å². The smallest absolute Gasteiger partial charge is 0.182 e. The molecule has 0 radical (unpaired) electrons. The van der Waals surface area contributed by atoms with E-state index in [-0.39, 0.29) is 11.8 Å². The van der Waals surface area contributed by atoms with Crippen molar-refractivity contribution in [2.24, 2.45) is 0 Å². The van der Waals surface area contributed by atoms with Gasteiger partial charge in [0.1, 0.15) is 6.07 Å². The average molecular weight is 289 g/mol. The number of nitrogens with one attached hydrogen (secondary N) is 1. The van der Waals surface area contributed by atoms with E-state index in [9.17, 15) is 0 Å². The Balaban J connectivity index is 2.08. The molecule has 0 amide bonds. The lowest BCUT2D eigenvalue weighted by atomic mass is 10.1. The number of hydrogen-bond acceptors (Lipinski definition) is 5. The lowest BCUT2D eigenvalue weighted by Crippen LogP contribution is -2.16. The Bertz CT molecular complexity index is 609. The van der Waals surface area contributed by atoms with Crippen molar-refractivity contribution < 1.29 is 4.74 Å². The Morgan fingerprint density at radius 3 is 2.65 bits per heavy atom. The summed E-state index contributed by atoms with van der Waals surface area (Å²) in [4.78, 5) is 8.03. The van der Waals surface area contributed by atoms with E-state index in [0.717, 1.165) is 5.56 Å². The third kappa shape index (κ3) is 3.44. The fourth-order valence-electron chi connectivity index (χ4n) is 1.75. The highest BCUT2D eigenvalue weighted by molar-refractivity contribution is 6.30. The van der Waals surface area contributed by atoms with Crippen LogP contribution in [-0.4, -0.2) is 23.6 Å².